The second-order valence-electron chi connectivity index (χ2n) is 7.72. The van der Waals surface area contributed by atoms with Crippen LogP contribution in [0.4, 0.5) is 11.4 Å². The molecule has 9 heteroatoms. The van der Waals surface area contributed by atoms with E-state index in [1.165, 1.54) is 6.26 Å². The number of carbonyl (C=O) groups excluding carboxylic acids is 2. The number of amides is 2. The molecule has 2 heterocycles. The monoisotopic (exact) mass is 573 g/mol. The van der Waals surface area contributed by atoms with Crippen LogP contribution in [0.25, 0.3) is 0 Å². The van der Waals surface area contributed by atoms with Crippen LogP contribution >= 0.6 is 24.0 Å². The summed E-state index contributed by atoms with van der Waals surface area (Å²) in [7, 11) is 1.73. The molecule has 0 radical (unpaired) electrons. The molecule has 1 saturated heterocycles. The summed E-state index contributed by atoms with van der Waals surface area (Å²) in [6, 6.07) is 18.9. The Hall–Kier alpha value is -3.34. The first kappa shape index (κ1) is 25.3. The van der Waals surface area contributed by atoms with Crippen LogP contribution in [-0.4, -0.2) is 31.4 Å². The summed E-state index contributed by atoms with van der Waals surface area (Å²) >= 11 is 0. The Balaban J connectivity index is 0.00000324. The minimum Gasteiger partial charge on any atom is -0.459 e. The number of nitrogens with one attached hydrogen (secondary N) is 3. The molecule has 8 nitrogen and oxygen atoms in total. The van der Waals surface area contributed by atoms with Crippen LogP contribution in [0, 0.1) is 0 Å². The van der Waals surface area contributed by atoms with E-state index in [1.54, 1.807) is 19.2 Å². The largest absolute Gasteiger partial charge is 0.459 e. The first-order valence-corrected chi connectivity index (χ1v) is 10.9. The number of guanidine groups is 1. The molecule has 2 aromatic carbocycles. The van der Waals surface area contributed by atoms with Crippen molar-refractivity contribution >= 4 is 53.1 Å². The molecule has 4 rings (SSSR count). The summed E-state index contributed by atoms with van der Waals surface area (Å²) in [4.78, 5) is 30.0. The van der Waals surface area contributed by atoms with Crippen molar-refractivity contribution < 1.29 is 14.0 Å². The summed E-state index contributed by atoms with van der Waals surface area (Å²) in [6.07, 6.45) is 3.02. The Bertz CT molecular complexity index is 1110. The number of hydrogen-bond donors (Lipinski definition) is 3. The molecule has 0 unspecified atom stereocenters. The number of halogens is 1. The minimum atomic E-state index is -0.282. The van der Waals surface area contributed by atoms with Gasteiger partial charge in [-0.05, 0) is 53.9 Å². The van der Waals surface area contributed by atoms with E-state index in [0.29, 0.717) is 31.2 Å². The fourth-order valence-corrected chi connectivity index (χ4v) is 3.61. The predicted molar refractivity (Wildman–Crippen MR) is 144 cm³/mol. The maximum Gasteiger partial charge on any atom is 0.291 e. The van der Waals surface area contributed by atoms with E-state index in [0.717, 1.165) is 29.8 Å². The zero-order valence-corrected chi connectivity index (χ0v) is 21.2. The van der Waals surface area contributed by atoms with Gasteiger partial charge in [0.2, 0.25) is 5.91 Å². The van der Waals surface area contributed by atoms with Gasteiger partial charge in [-0.15, -0.1) is 24.0 Å². The molecule has 0 bridgehead atoms. The molecule has 1 aliphatic rings. The Labute approximate surface area is 215 Å². The van der Waals surface area contributed by atoms with Gasteiger partial charge in [-0.1, -0.05) is 24.3 Å². The molecule has 34 heavy (non-hydrogen) atoms. The summed E-state index contributed by atoms with van der Waals surface area (Å²) in [5.74, 6) is 0.868. The van der Waals surface area contributed by atoms with Gasteiger partial charge in [0, 0.05) is 44.5 Å². The predicted octanol–water partition coefficient (Wildman–Crippen LogP) is 4.14. The Morgan fingerprint density at radius 3 is 2.18 bits per heavy atom. The van der Waals surface area contributed by atoms with Crippen LogP contribution in [0.3, 0.4) is 0 Å². The van der Waals surface area contributed by atoms with Crippen molar-refractivity contribution in [2.24, 2.45) is 4.99 Å². The van der Waals surface area contributed by atoms with E-state index in [4.69, 9.17) is 4.42 Å². The summed E-state index contributed by atoms with van der Waals surface area (Å²) < 4.78 is 5.10. The van der Waals surface area contributed by atoms with Crippen molar-refractivity contribution in [3.05, 3.63) is 83.8 Å². The van der Waals surface area contributed by atoms with E-state index in [2.05, 4.69) is 20.9 Å². The van der Waals surface area contributed by atoms with E-state index in [1.807, 2.05) is 53.4 Å². The standard InChI is InChI=1S/C25H27N5O3.HI/c1-26-25(28-17-19-8-12-21(13-9-19)30-14-2-5-23(30)31)27-16-18-6-10-20(11-7-18)29-24(32)22-4-3-15-33-22;/h3-4,6-13,15H,2,5,14,16-17H2,1H3,(H,29,32)(H2,26,27,28);1H. The number of carbonyl (C=O) groups is 2. The maximum atomic E-state index is 12.0. The Morgan fingerprint density at radius 2 is 1.65 bits per heavy atom. The lowest BCUT2D eigenvalue weighted by atomic mass is 10.2. The van der Waals surface area contributed by atoms with Gasteiger partial charge in [0.1, 0.15) is 0 Å². The highest BCUT2D eigenvalue weighted by molar-refractivity contribution is 14.0. The van der Waals surface area contributed by atoms with Gasteiger partial charge in [0.15, 0.2) is 11.7 Å². The molecule has 0 atom stereocenters. The first-order chi connectivity index (χ1) is 16.1. The van der Waals surface area contributed by atoms with Crippen molar-refractivity contribution in [1.82, 2.24) is 10.6 Å². The molecule has 0 spiro atoms. The summed E-state index contributed by atoms with van der Waals surface area (Å²) in [5.41, 5.74) is 3.80. The van der Waals surface area contributed by atoms with Crippen molar-refractivity contribution in [2.75, 3.05) is 23.8 Å². The Kier molecular flexibility index (Phi) is 9.08. The number of benzene rings is 2. The maximum absolute atomic E-state index is 12.0. The van der Waals surface area contributed by atoms with Gasteiger partial charge in [-0.3, -0.25) is 14.6 Å². The van der Waals surface area contributed by atoms with Gasteiger partial charge in [-0.2, -0.15) is 0 Å². The van der Waals surface area contributed by atoms with Crippen LogP contribution in [0.2, 0.25) is 0 Å². The van der Waals surface area contributed by atoms with Crippen molar-refractivity contribution in [1.29, 1.82) is 0 Å². The first-order valence-electron chi connectivity index (χ1n) is 10.9. The number of anilines is 2. The molecule has 1 fully saturated rings. The molecule has 2 amide bonds. The smallest absolute Gasteiger partial charge is 0.291 e. The highest BCUT2D eigenvalue weighted by Crippen LogP contribution is 2.21. The van der Waals surface area contributed by atoms with Gasteiger partial charge in [0.25, 0.3) is 5.91 Å². The molecular weight excluding hydrogens is 545 g/mol. The second kappa shape index (κ2) is 12.2. The van der Waals surface area contributed by atoms with Gasteiger partial charge < -0.3 is 25.3 Å². The topological polar surface area (TPSA) is 99.0 Å². The van der Waals surface area contributed by atoms with Crippen LogP contribution in [0.1, 0.15) is 34.5 Å². The molecule has 0 saturated carbocycles. The van der Waals surface area contributed by atoms with Gasteiger partial charge in [0.05, 0.1) is 6.26 Å². The second-order valence-corrected chi connectivity index (χ2v) is 7.72. The average Bonchev–Trinajstić information content (AvgIpc) is 3.53. The number of rotatable bonds is 7. The van der Waals surface area contributed by atoms with E-state index < -0.39 is 0 Å². The third-order valence-electron chi connectivity index (χ3n) is 5.42. The quantitative estimate of drug-likeness (QED) is 0.224. The molecule has 1 aliphatic heterocycles. The normalized spacial score (nSPS) is 13.4. The van der Waals surface area contributed by atoms with Crippen molar-refractivity contribution in [2.45, 2.75) is 25.9 Å². The molecule has 1 aromatic heterocycles. The fourth-order valence-electron chi connectivity index (χ4n) is 3.61. The Morgan fingerprint density at radius 1 is 1.00 bits per heavy atom. The molecule has 3 aromatic rings. The SMILES string of the molecule is CN=C(NCc1ccc(NC(=O)c2ccco2)cc1)NCc1ccc(N2CCCC2=O)cc1.I. The lowest BCUT2D eigenvalue weighted by Gasteiger charge is -2.16. The summed E-state index contributed by atoms with van der Waals surface area (Å²) in [6.45, 7) is 2.00. The van der Waals surface area contributed by atoms with Gasteiger partial charge >= 0.3 is 0 Å². The van der Waals surface area contributed by atoms with Crippen LogP contribution in [0.15, 0.2) is 76.3 Å². The average molecular weight is 573 g/mol. The summed E-state index contributed by atoms with van der Waals surface area (Å²) in [5, 5.41) is 9.38. The molecule has 0 aliphatic carbocycles. The zero-order valence-electron chi connectivity index (χ0n) is 18.9. The molecular formula is C25H28IN5O3. The van der Waals surface area contributed by atoms with Crippen LogP contribution in [-0.2, 0) is 17.9 Å². The van der Waals surface area contributed by atoms with Gasteiger partial charge in [-0.25, -0.2) is 0 Å². The third-order valence-corrected chi connectivity index (χ3v) is 5.42. The lowest BCUT2D eigenvalue weighted by Crippen LogP contribution is -2.36. The third kappa shape index (κ3) is 6.60. The lowest BCUT2D eigenvalue weighted by molar-refractivity contribution is -0.117. The van der Waals surface area contributed by atoms with Crippen LogP contribution in [0.5, 0.6) is 0 Å². The van der Waals surface area contributed by atoms with E-state index in [9.17, 15) is 9.59 Å². The number of furan rings is 1. The van der Waals surface area contributed by atoms with E-state index >= 15 is 0 Å². The highest BCUT2D eigenvalue weighted by Gasteiger charge is 2.21. The number of aliphatic imine (C=N–C) groups is 1. The van der Waals surface area contributed by atoms with Crippen LogP contribution < -0.4 is 20.9 Å². The zero-order chi connectivity index (χ0) is 23.0. The molecule has 3 N–H and O–H groups in total. The van der Waals surface area contributed by atoms with E-state index in [-0.39, 0.29) is 41.6 Å². The molecule has 178 valence electrons. The van der Waals surface area contributed by atoms with Crippen molar-refractivity contribution in [3.8, 4) is 0 Å². The highest BCUT2D eigenvalue weighted by atomic mass is 127. The number of nitrogens with zero attached hydrogens (tertiary/aromatic N) is 2. The van der Waals surface area contributed by atoms with Crippen molar-refractivity contribution in [3.63, 3.8) is 0 Å². The number of hydrogen-bond acceptors (Lipinski definition) is 4. The fraction of sp³-hybridized carbons (Fsp3) is 0.240. The minimum absolute atomic E-state index is 0.